The quantitative estimate of drug-likeness (QED) is 0.865. The summed E-state index contributed by atoms with van der Waals surface area (Å²) in [6, 6.07) is 7.02. The molecule has 0 heterocycles. The molecule has 102 valence electrons. The third kappa shape index (κ3) is 4.29. The fraction of sp³-hybridized carbons (Fsp3) is 0.600. The van der Waals surface area contributed by atoms with Gasteiger partial charge in [0.2, 0.25) is 0 Å². The molecule has 0 aliphatic heterocycles. The van der Waals surface area contributed by atoms with Crippen LogP contribution in [0.1, 0.15) is 33.3 Å². The number of hydrogen-bond acceptors (Lipinski definition) is 2. The first kappa shape index (κ1) is 15.5. The van der Waals surface area contributed by atoms with Crippen molar-refractivity contribution in [2.24, 2.45) is 11.7 Å². The van der Waals surface area contributed by atoms with Crippen molar-refractivity contribution in [2.45, 2.75) is 40.2 Å². The van der Waals surface area contributed by atoms with Gasteiger partial charge >= 0.3 is 0 Å². The summed E-state index contributed by atoms with van der Waals surface area (Å²) in [5, 5.41) is 0. The van der Waals surface area contributed by atoms with Crippen LogP contribution in [0.5, 0.6) is 0 Å². The maximum atomic E-state index is 5.72. The highest BCUT2D eigenvalue weighted by Crippen LogP contribution is 2.27. The predicted octanol–water partition coefficient (Wildman–Crippen LogP) is 3.82. The summed E-state index contributed by atoms with van der Waals surface area (Å²) in [4.78, 5) is 2.47. The summed E-state index contributed by atoms with van der Waals surface area (Å²) in [6.45, 7) is 10.8. The van der Waals surface area contributed by atoms with Gasteiger partial charge in [0.1, 0.15) is 0 Å². The molecule has 3 heteroatoms. The Morgan fingerprint density at radius 2 is 1.89 bits per heavy atom. The van der Waals surface area contributed by atoms with Crippen molar-refractivity contribution in [1.29, 1.82) is 0 Å². The minimum atomic E-state index is 0.505. The number of anilines is 1. The van der Waals surface area contributed by atoms with Crippen LogP contribution in [0, 0.1) is 5.92 Å². The molecule has 1 aromatic carbocycles. The van der Waals surface area contributed by atoms with Crippen molar-refractivity contribution in [2.75, 3.05) is 18.0 Å². The first-order chi connectivity index (χ1) is 8.45. The fourth-order valence-corrected chi connectivity index (χ4v) is 2.58. The van der Waals surface area contributed by atoms with Gasteiger partial charge in [0, 0.05) is 22.7 Å². The second kappa shape index (κ2) is 7.15. The van der Waals surface area contributed by atoms with Crippen LogP contribution < -0.4 is 10.6 Å². The van der Waals surface area contributed by atoms with Crippen molar-refractivity contribution in [3.63, 3.8) is 0 Å². The van der Waals surface area contributed by atoms with E-state index in [4.69, 9.17) is 5.73 Å². The van der Waals surface area contributed by atoms with Gasteiger partial charge in [-0.2, -0.15) is 0 Å². The topological polar surface area (TPSA) is 29.3 Å². The minimum absolute atomic E-state index is 0.505. The van der Waals surface area contributed by atoms with E-state index in [-0.39, 0.29) is 0 Å². The Kier molecular flexibility index (Phi) is 6.16. The number of benzene rings is 1. The number of hydrogen-bond donors (Lipinski definition) is 1. The molecule has 0 fully saturated rings. The van der Waals surface area contributed by atoms with Gasteiger partial charge in [-0.3, -0.25) is 0 Å². The van der Waals surface area contributed by atoms with Crippen LogP contribution in [-0.2, 0) is 6.42 Å². The highest BCUT2D eigenvalue weighted by atomic mass is 79.9. The second-order valence-corrected chi connectivity index (χ2v) is 6.37. The molecule has 0 atom stereocenters. The highest BCUT2D eigenvalue weighted by molar-refractivity contribution is 9.10. The molecule has 2 nitrogen and oxygen atoms in total. The maximum absolute atomic E-state index is 5.72. The molecule has 0 bridgehead atoms. The van der Waals surface area contributed by atoms with Gasteiger partial charge in [-0.1, -0.05) is 29.8 Å². The van der Waals surface area contributed by atoms with E-state index in [0.717, 1.165) is 17.4 Å². The second-order valence-electron chi connectivity index (χ2n) is 5.45. The average Bonchev–Trinajstić information content (AvgIpc) is 2.26. The summed E-state index contributed by atoms with van der Waals surface area (Å²) in [5.41, 5.74) is 8.38. The van der Waals surface area contributed by atoms with E-state index in [1.807, 2.05) is 0 Å². The molecule has 0 aliphatic rings. The van der Waals surface area contributed by atoms with Crippen LogP contribution in [0.15, 0.2) is 22.7 Å². The Hall–Kier alpha value is -0.540. The summed E-state index contributed by atoms with van der Waals surface area (Å²) >= 11 is 3.54. The maximum Gasteiger partial charge on any atom is 0.0402 e. The van der Waals surface area contributed by atoms with Gasteiger partial charge in [-0.25, -0.2) is 0 Å². The summed E-state index contributed by atoms with van der Waals surface area (Å²) < 4.78 is 1.13. The molecule has 0 saturated heterocycles. The lowest BCUT2D eigenvalue weighted by Gasteiger charge is -2.32. The smallest absolute Gasteiger partial charge is 0.0402 e. The molecular formula is C15H25BrN2. The van der Waals surface area contributed by atoms with E-state index >= 15 is 0 Å². The van der Waals surface area contributed by atoms with Gasteiger partial charge in [0.15, 0.2) is 0 Å². The molecule has 1 aromatic rings. The lowest BCUT2D eigenvalue weighted by atomic mass is 10.1. The molecule has 0 radical (unpaired) electrons. The molecule has 18 heavy (non-hydrogen) atoms. The average molecular weight is 313 g/mol. The predicted molar refractivity (Wildman–Crippen MR) is 84.2 cm³/mol. The zero-order chi connectivity index (χ0) is 13.7. The molecule has 0 saturated carbocycles. The highest BCUT2D eigenvalue weighted by Gasteiger charge is 2.15. The van der Waals surface area contributed by atoms with E-state index in [0.29, 0.717) is 18.5 Å². The molecule has 2 N–H and O–H groups in total. The molecular weight excluding hydrogens is 288 g/mol. The van der Waals surface area contributed by atoms with Crippen molar-refractivity contribution in [3.8, 4) is 0 Å². The lowest BCUT2D eigenvalue weighted by molar-refractivity contribution is 0.569. The Bertz CT molecular complexity index is 375. The molecule has 1 rings (SSSR count). The lowest BCUT2D eigenvalue weighted by Crippen LogP contribution is -2.35. The van der Waals surface area contributed by atoms with E-state index in [9.17, 15) is 0 Å². The van der Waals surface area contributed by atoms with Crippen LogP contribution in [0.2, 0.25) is 0 Å². The first-order valence-electron chi connectivity index (χ1n) is 6.70. The Morgan fingerprint density at radius 3 is 2.39 bits per heavy atom. The summed E-state index contributed by atoms with van der Waals surface area (Å²) in [7, 11) is 0. The number of halogens is 1. The molecule has 0 unspecified atom stereocenters. The molecule has 0 aromatic heterocycles. The number of nitrogens with two attached hydrogens (primary N) is 1. The number of rotatable bonds is 6. The monoisotopic (exact) mass is 312 g/mol. The molecule has 0 amide bonds. The minimum Gasteiger partial charge on any atom is -0.369 e. The molecule has 0 aliphatic carbocycles. The van der Waals surface area contributed by atoms with Crippen LogP contribution in [0.25, 0.3) is 0 Å². The van der Waals surface area contributed by atoms with Gasteiger partial charge in [0.25, 0.3) is 0 Å². The Labute approximate surface area is 120 Å². The zero-order valence-electron chi connectivity index (χ0n) is 11.9. The third-order valence-corrected chi connectivity index (χ3v) is 3.44. The largest absolute Gasteiger partial charge is 0.369 e. The van der Waals surface area contributed by atoms with E-state index < -0.39 is 0 Å². The van der Waals surface area contributed by atoms with Crippen LogP contribution >= 0.6 is 15.9 Å². The van der Waals surface area contributed by atoms with Crippen molar-refractivity contribution < 1.29 is 0 Å². The zero-order valence-corrected chi connectivity index (χ0v) is 13.5. The van der Waals surface area contributed by atoms with Crippen molar-refractivity contribution in [3.05, 3.63) is 28.2 Å². The van der Waals surface area contributed by atoms with Crippen LogP contribution in [0.3, 0.4) is 0 Å². The van der Waals surface area contributed by atoms with Crippen molar-refractivity contribution in [1.82, 2.24) is 0 Å². The van der Waals surface area contributed by atoms with Gasteiger partial charge in [0.05, 0.1) is 0 Å². The van der Waals surface area contributed by atoms with E-state index in [1.165, 1.54) is 11.3 Å². The van der Waals surface area contributed by atoms with Gasteiger partial charge in [-0.15, -0.1) is 0 Å². The number of nitrogens with zero attached hydrogens (tertiary/aromatic N) is 1. The standard InChI is InChI=1S/C15H25BrN2/c1-11(2)10-18(12(3)4)15-6-5-14(16)9-13(15)7-8-17/h5-6,9,11-12H,7-8,10,17H2,1-4H3. The third-order valence-electron chi connectivity index (χ3n) is 2.95. The van der Waals surface area contributed by atoms with Gasteiger partial charge < -0.3 is 10.6 Å². The summed E-state index contributed by atoms with van der Waals surface area (Å²) in [5.74, 6) is 0.654. The van der Waals surface area contributed by atoms with Crippen LogP contribution in [-0.4, -0.2) is 19.1 Å². The van der Waals surface area contributed by atoms with Crippen molar-refractivity contribution >= 4 is 21.6 Å². The van der Waals surface area contributed by atoms with E-state index in [1.54, 1.807) is 0 Å². The Morgan fingerprint density at radius 1 is 1.22 bits per heavy atom. The molecule has 0 spiro atoms. The first-order valence-corrected chi connectivity index (χ1v) is 7.50. The van der Waals surface area contributed by atoms with Gasteiger partial charge in [-0.05, 0) is 56.5 Å². The SMILES string of the molecule is CC(C)CN(c1ccc(Br)cc1CCN)C(C)C. The van der Waals surface area contributed by atoms with Crippen LogP contribution in [0.4, 0.5) is 5.69 Å². The fourth-order valence-electron chi connectivity index (χ4n) is 2.17. The summed E-state index contributed by atoms with van der Waals surface area (Å²) in [6.07, 6.45) is 0.927. The van der Waals surface area contributed by atoms with E-state index in [2.05, 4.69) is 66.7 Å². The normalized spacial score (nSPS) is 11.3. The Balaban J connectivity index is 3.09.